The fraction of sp³-hybridized carbons (Fsp3) is 0.444. The van der Waals surface area contributed by atoms with Crippen LogP contribution in [0.4, 0.5) is 10.2 Å². The van der Waals surface area contributed by atoms with Crippen molar-refractivity contribution < 1.29 is 14.2 Å². The number of ether oxygens (including phenoxy) is 1. The van der Waals surface area contributed by atoms with Gasteiger partial charge in [-0.3, -0.25) is 4.98 Å². The molecule has 25 heavy (non-hydrogen) atoms. The summed E-state index contributed by atoms with van der Waals surface area (Å²) in [6, 6.07) is 3.60. The second-order valence-corrected chi connectivity index (χ2v) is 6.32. The highest BCUT2D eigenvalue weighted by molar-refractivity contribution is 5.64. The second kappa shape index (κ2) is 7.76. The molecule has 1 unspecified atom stereocenters. The largest absolute Gasteiger partial charge is 0.487 e. The number of nitrogen functional groups attached to an aromatic ring is 1. The van der Waals surface area contributed by atoms with Crippen LogP contribution in [0, 0.1) is 5.82 Å². The van der Waals surface area contributed by atoms with Crippen LogP contribution < -0.4 is 15.8 Å². The molecule has 1 aliphatic carbocycles. The Kier molecular flexibility index (Phi) is 5.45. The molecule has 0 bridgehead atoms. The molecule has 134 valence electrons. The SMILES string of the molecule is CNCC(O)COc1c(C2CCC2)ccc(-c2cnc(N)cn2)c1F. The fourth-order valence-corrected chi connectivity index (χ4v) is 2.91. The number of nitrogens with one attached hydrogen (secondary N) is 1. The standard InChI is InChI=1S/C18H23FN4O2/c1-21-7-12(24)10-25-18-13(11-3-2-4-11)5-6-14(17(18)19)15-8-23-16(20)9-22-15/h5-6,8-9,11-12,21,24H,2-4,7,10H2,1H3,(H2,20,23). The topological polar surface area (TPSA) is 93.3 Å². The van der Waals surface area contributed by atoms with Gasteiger partial charge in [0.1, 0.15) is 18.5 Å². The average Bonchev–Trinajstić information content (AvgIpc) is 2.54. The van der Waals surface area contributed by atoms with Gasteiger partial charge in [-0.25, -0.2) is 9.37 Å². The van der Waals surface area contributed by atoms with Crippen LogP contribution in [0.1, 0.15) is 30.7 Å². The number of aromatic nitrogens is 2. The van der Waals surface area contributed by atoms with Crippen molar-refractivity contribution in [1.29, 1.82) is 0 Å². The van der Waals surface area contributed by atoms with Crippen LogP contribution in [0.5, 0.6) is 5.75 Å². The van der Waals surface area contributed by atoms with Gasteiger partial charge in [0.15, 0.2) is 11.6 Å². The lowest BCUT2D eigenvalue weighted by molar-refractivity contribution is 0.105. The second-order valence-electron chi connectivity index (χ2n) is 6.32. The number of hydrogen-bond acceptors (Lipinski definition) is 6. The van der Waals surface area contributed by atoms with Crippen molar-refractivity contribution in [2.24, 2.45) is 0 Å². The molecule has 3 rings (SSSR count). The van der Waals surface area contributed by atoms with Gasteiger partial charge in [-0.05, 0) is 31.9 Å². The van der Waals surface area contributed by atoms with E-state index in [1.165, 1.54) is 12.4 Å². The summed E-state index contributed by atoms with van der Waals surface area (Å²) in [6.07, 6.45) is 5.31. The van der Waals surface area contributed by atoms with E-state index in [2.05, 4.69) is 15.3 Å². The molecule has 1 aliphatic rings. The van der Waals surface area contributed by atoms with Crippen LogP contribution in [0.3, 0.4) is 0 Å². The molecule has 1 aromatic heterocycles. The summed E-state index contributed by atoms with van der Waals surface area (Å²) in [5.41, 5.74) is 7.11. The van der Waals surface area contributed by atoms with Crippen LogP contribution >= 0.6 is 0 Å². The fourth-order valence-electron chi connectivity index (χ4n) is 2.91. The van der Waals surface area contributed by atoms with E-state index in [0.717, 1.165) is 24.8 Å². The van der Waals surface area contributed by atoms with Crippen LogP contribution in [-0.4, -0.2) is 41.4 Å². The van der Waals surface area contributed by atoms with E-state index in [4.69, 9.17) is 10.5 Å². The summed E-state index contributed by atoms with van der Waals surface area (Å²) in [7, 11) is 1.74. The summed E-state index contributed by atoms with van der Waals surface area (Å²) in [5, 5.41) is 12.7. The number of nitrogens with two attached hydrogens (primary N) is 1. The monoisotopic (exact) mass is 346 g/mol. The minimum Gasteiger partial charge on any atom is -0.487 e. The minimum absolute atomic E-state index is 0.0222. The normalized spacial score (nSPS) is 15.6. The molecule has 4 N–H and O–H groups in total. The van der Waals surface area contributed by atoms with Gasteiger partial charge in [-0.1, -0.05) is 12.5 Å². The van der Waals surface area contributed by atoms with Gasteiger partial charge in [0, 0.05) is 17.7 Å². The Bertz CT molecular complexity index is 720. The third kappa shape index (κ3) is 3.88. The highest BCUT2D eigenvalue weighted by atomic mass is 19.1. The van der Waals surface area contributed by atoms with Crippen molar-refractivity contribution in [1.82, 2.24) is 15.3 Å². The number of benzene rings is 1. The summed E-state index contributed by atoms with van der Waals surface area (Å²) < 4.78 is 20.8. The molecule has 1 saturated carbocycles. The molecule has 6 nitrogen and oxygen atoms in total. The third-order valence-electron chi connectivity index (χ3n) is 4.48. The lowest BCUT2D eigenvalue weighted by Crippen LogP contribution is -2.29. The summed E-state index contributed by atoms with van der Waals surface area (Å²) in [4.78, 5) is 8.11. The summed E-state index contributed by atoms with van der Waals surface area (Å²) >= 11 is 0. The molecule has 0 spiro atoms. The average molecular weight is 346 g/mol. The number of halogens is 1. The van der Waals surface area contributed by atoms with E-state index < -0.39 is 11.9 Å². The molecule has 1 heterocycles. The number of nitrogens with zero attached hydrogens (tertiary/aromatic N) is 2. The molecule has 0 saturated heterocycles. The maximum atomic E-state index is 15.2. The first-order chi connectivity index (χ1) is 12.1. The molecular formula is C18H23FN4O2. The number of hydrogen-bond donors (Lipinski definition) is 3. The Hall–Kier alpha value is -2.25. The van der Waals surface area contributed by atoms with Gasteiger partial charge in [0.2, 0.25) is 0 Å². The Balaban J connectivity index is 1.93. The van der Waals surface area contributed by atoms with Crippen molar-refractivity contribution >= 4 is 5.82 Å². The Morgan fingerprint density at radius 1 is 1.36 bits per heavy atom. The van der Waals surface area contributed by atoms with E-state index >= 15 is 4.39 Å². The van der Waals surface area contributed by atoms with Crippen molar-refractivity contribution in [2.45, 2.75) is 31.3 Å². The molecule has 1 aromatic carbocycles. The van der Waals surface area contributed by atoms with E-state index in [1.807, 2.05) is 6.07 Å². The molecule has 1 fully saturated rings. The third-order valence-corrected chi connectivity index (χ3v) is 4.48. The molecule has 0 aliphatic heterocycles. The highest BCUT2D eigenvalue weighted by Crippen LogP contribution is 2.43. The van der Waals surface area contributed by atoms with Gasteiger partial charge < -0.3 is 20.9 Å². The maximum absolute atomic E-state index is 15.2. The highest BCUT2D eigenvalue weighted by Gasteiger charge is 2.27. The van der Waals surface area contributed by atoms with E-state index in [0.29, 0.717) is 23.7 Å². The summed E-state index contributed by atoms with van der Waals surface area (Å²) in [5.74, 6) is 0.315. The van der Waals surface area contributed by atoms with E-state index in [1.54, 1.807) is 13.1 Å². The predicted molar refractivity (Wildman–Crippen MR) is 93.9 cm³/mol. The quantitative estimate of drug-likeness (QED) is 0.711. The Morgan fingerprint density at radius 3 is 2.76 bits per heavy atom. The zero-order chi connectivity index (χ0) is 17.8. The van der Waals surface area contributed by atoms with Gasteiger partial charge >= 0.3 is 0 Å². The molecule has 1 atom stereocenters. The smallest absolute Gasteiger partial charge is 0.174 e. The number of rotatable bonds is 7. The summed E-state index contributed by atoms with van der Waals surface area (Å²) in [6.45, 7) is 0.401. The molecule has 7 heteroatoms. The van der Waals surface area contributed by atoms with Gasteiger partial charge in [0.05, 0.1) is 18.1 Å². The van der Waals surface area contributed by atoms with Crippen molar-refractivity contribution in [3.63, 3.8) is 0 Å². The first kappa shape index (κ1) is 17.6. The van der Waals surface area contributed by atoms with Crippen molar-refractivity contribution in [2.75, 3.05) is 25.9 Å². The lowest BCUT2D eigenvalue weighted by Gasteiger charge is -2.28. The van der Waals surface area contributed by atoms with Crippen molar-refractivity contribution in [3.8, 4) is 17.0 Å². The number of aliphatic hydroxyl groups excluding tert-OH is 1. The predicted octanol–water partition coefficient (Wildman–Crippen LogP) is 2.09. The van der Waals surface area contributed by atoms with E-state index in [-0.39, 0.29) is 18.2 Å². The van der Waals surface area contributed by atoms with Gasteiger partial charge in [0.25, 0.3) is 0 Å². The van der Waals surface area contributed by atoms with Crippen LogP contribution in [0.25, 0.3) is 11.3 Å². The van der Waals surface area contributed by atoms with Gasteiger partial charge in [-0.2, -0.15) is 0 Å². The van der Waals surface area contributed by atoms with Crippen LogP contribution in [-0.2, 0) is 0 Å². The van der Waals surface area contributed by atoms with Crippen LogP contribution in [0.2, 0.25) is 0 Å². The van der Waals surface area contributed by atoms with Gasteiger partial charge in [-0.15, -0.1) is 0 Å². The number of likely N-dealkylation sites (N-methyl/N-ethyl adjacent to an activating group) is 1. The lowest BCUT2D eigenvalue weighted by atomic mass is 9.79. The molecule has 2 aromatic rings. The molecular weight excluding hydrogens is 323 g/mol. The zero-order valence-electron chi connectivity index (χ0n) is 14.2. The maximum Gasteiger partial charge on any atom is 0.174 e. The van der Waals surface area contributed by atoms with Crippen molar-refractivity contribution in [3.05, 3.63) is 35.9 Å². The number of anilines is 1. The Morgan fingerprint density at radius 2 is 2.16 bits per heavy atom. The first-order valence-electron chi connectivity index (χ1n) is 8.46. The molecule has 0 radical (unpaired) electrons. The zero-order valence-corrected chi connectivity index (χ0v) is 14.2. The Labute approximate surface area is 146 Å². The first-order valence-corrected chi connectivity index (χ1v) is 8.46. The molecule has 0 amide bonds. The number of aliphatic hydroxyl groups is 1. The van der Waals surface area contributed by atoms with Crippen LogP contribution in [0.15, 0.2) is 24.5 Å². The minimum atomic E-state index is -0.710. The van der Waals surface area contributed by atoms with E-state index in [9.17, 15) is 5.11 Å².